The van der Waals surface area contributed by atoms with E-state index in [4.69, 9.17) is 10.5 Å². The van der Waals surface area contributed by atoms with Crippen molar-refractivity contribution in [3.8, 4) is 5.75 Å². The summed E-state index contributed by atoms with van der Waals surface area (Å²) in [5.41, 5.74) is 6.74. The van der Waals surface area contributed by atoms with Crippen LogP contribution in [-0.4, -0.2) is 0 Å². The monoisotopic (exact) mass is 325 g/mol. The molecule has 1 heterocycles. The van der Waals surface area contributed by atoms with Crippen LogP contribution in [0.15, 0.2) is 34.8 Å². The molecule has 0 amide bonds. The fourth-order valence-corrected chi connectivity index (χ4v) is 3.10. The van der Waals surface area contributed by atoms with Crippen LogP contribution in [0.1, 0.15) is 22.2 Å². The Morgan fingerprint density at radius 1 is 1.22 bits per heavy atom. The van der Waals surface area contributed by atoms with E-state index in [-0.39, 0.29) is 0 Å². The molecule has 2 rings (SSSR count). The number of benzene rings is 1. The first-order chi connectivity index (χ1) is 8.74. The Bertz CT molecular complexity index is 524. The van der Waals surface area contributed by atoms with Gasteiger partial charge in [-0.1, -0.05) is 19.1 Å². The molecule has 0 aliphatic carbocycles. The average Bonchev–Trinajstić information content (AvgIpc) is 2.85. The van der Waals surface area contributed by atoms with E-state index in [1.54, 1.807) is 11.3 Å². The molecule has 18 heavy (non-hydrogen) atoms. The Balaban J connectivity index is 2.10. The molecule has 0 spiro atoms. The van der Waals surface area contributed by atoms with Gasteiger partial charge in [-0.05, 0) is 40.5 Å². The first kappa shape index (κ1) is 13.6. The van der Waals surface area contributed by atoms with Gasteiger partial charge < -0.3 is 10.5 Å². The normalized spacial score (nSPS) is 10.6. The van der Waals surface area contributed by atoms with Gasteiger partial charge in [0.2, 0.25) is 0 Å². The lowest BCUT2D eigenvalue weighted by molar-refractivity contribution is 0.304. The zero-order valence-electron chi connectivity index (χ0n) is 10.3. The van der Waals surface area contributed by atoms with Gasteiger partial charge in [0, 0.05) is 21.9 Å². The molecule has 0 unspecified atom stereocenters. The lowest BCUT2D eigenvalue weighted by Gasteiger charge is -2.11. The van der Waals surface area contributed by atoms with E-state index in [1.807, 2.05) is 18.2 Å². The van der Waals surface area contributed by atoms with Crippen molar-refractivity contribution in [1.82, 2.24) is 0 Å². The van der Waals surface area contributed by atoms with Gasteiger partial charge in [0.15, 0.2) is 0 Å². The maximum atomic E-state index is 5.89. The summed E-state index contributed by atoms with van der Waals surface area (Å²) in [6.07, 6.45) is 1.08. The Labute approximate surface area is 120 Å². The van der Waals surface area contributed by atoms with Crippen molar-refractivity contribution in [3.05, 3.63) is 50.1 Å². The van der Waals surface area contributed by atoms with E-state index >= 15 is 0 Å². The van der Waals surface area contributed by atoms with Crippen molar-refractivity contribution in [1.29, 1.82) is 0 Å². The topological polar surface area (TPSA) is 35.2 Å². The number of rotatable bonds is 5. The third-order valence-corrected chi connectivity index (χ3v) is 4.52. The van der Waals surface area contributed by atoms with Crippen LogP contribution in [0.3, 0.4) is 0 Å². The molecule has 0 aliphatic rings. The van der Waals surface area contributed by atoms with E-state index in [2.05, 4.69) is 35.0 Å². The second-order valence-corrected chi connectivity index (χ2v) is 6.05. The zero-order valence-corrected chi connectivity index (χ0v) is 12.7. The highest BCUT2D eigenvalue weighted by molar-refractivity contribution is 9.10. The summed E-state index contributed by atoms with van der Waals surface area (Å²) in [6.45, 7) is 3.25. The van der Waals surface area contributed by atoms with Gasteiger partial charge in [-0.15, -0.1) is 11.3 Å². The second-order valence-electron chi connectivity index (χ2n) is 3.94. The predicted molar refractivity (Wildman–Crippen MR) is 80.1 cm³/mol. The van der Waals surface area contributed by atoms with Crippen molar-refractivity contribution in [2.24, 2.45) is 5.73 Å². The molecule has 0 bridgehead atoms. The number of ether oxygens (including phenoxy) is 1. The number of aryl methyl sites for hydroxylation is 1. The highest BCUT2D eigenvalue weighted by Gasteiger charge is 2.07. The summed E-state index contributed by atoms with van der Waals surface area (Å²) in [5.74, 6) is 0.853. The second kappa shape index (κ2) is 6.36. The fourth-order valence-electron chi connectivity index (χ4n) is 1.71. The molecule has 2 N–H and O–H groups in total. The Morgan fingerprint density at radius 2 is 2.00 bits per heavy atom. The minimum Gasteiger partial charge on any atom is -0.487 e. The molecule has 4 heteroatoms. The van der Waals surface area contributed by atoms with Crippen LogP contribution in [0.25, 0.3) is 0 Å². The lowest BCUT2D eigenvalue weighted by Crippen LogP contribution is -2.02. The third kappa shape index (κ3) is 3.13. The predicted octanol–water partition coefficient (Wildman–Crippen LogP) is 4.11. The Morgan fingerprint density at radius 3 is 2.67 bits per heavy atom. The molecule has 0 aliphatic heterocycles. The van der Waals surface area contributed by atoms with Crippen molar-refractivity contribution in [2.75, 3.05) is 0 Å². The quantitative estimate of drug-likeness (QED) is 0.897. The van der Waals surface area contributed by atoms with E-state index in [0.717, 1.165) is 22.2 Å². The van der Waals surface area contributed by atoms with Crippen LogP contribution in [0.4, 0.5) is 0 Å². The number of thiophene rings is 1. The molecule has 0 saturated carbocycles. The summed E-state index contributed by atoms with van der Waals surface area (Å²) in [7, 11) is 0. The molecule has 2 nitrogen and oxygen atoms in total. The van der Waals surface area contributed by atoms with E-state index in [0.29, 0.717) is 13.2 Å². The van der Waals surface area contributed by atoms with E-state index in [9.17, 15) is 0 Å². The number of hydrogen-bond donors (Lipinski definition) is 1. The van der Waals surface area contributed by atoms with Gasteiger partial charge in [0.1, 0.15) is 12.4 Å². The lowest BCUT2D eigenvalue weighted by atomic mass is 10.2. The molecule has 2 aromatic rings. The third-order valence-electron chi connectivity index (χ3n) is 2.69. The minimum atomic E-state index is 0.486. The Hall–Kier alpha value is -0.840. The molecule has 0 saturated heterocycles. The number of nitrogens with two attached hydrogens (primary N) is 1. The minimum absolute atomic E-state index is 0.486. The summed E-state index contributed by atoms with van der Waals surface area (Å²) in [5, 5.41) is 0. The van der Waals surface area contributed by atoms with Crippen LogP contribution in [0.5, 0.6) is 5.75 Å². The maximum absolute atomic E-state index is 5.89. The van der Waals surface area contributed by atoms with E-state index < -0.39 is 0 Å². The van der Waals surface area contributed by atoms with Gasteiger partial charge in [-0.2, -0.15) is 0 Å². The highest BCUT2D eigenvalue weighted by Crippen LogP contribution is 2.30. The van der Waals surface area contributed by atoms with Crippen LogP contribution in [-0.2, 0) is 19.6 Å². The largest absolute Gasteiger partial charge is 0.487 e. The molecule has 0 fully saturated rings. The van der Waals surface area contributed by atoms with Crippen molar-refractivity contribution >= 4 is 27.3 Å². The first-order valence-electron chi connectivity index (χ1n) is 5.92. The van der Waals surface area contributed by atoms with Crippen molar-refractivity contribution < 1.29 is 4.74 Å². The molecule has 96 valence electrons. The van der Waals surface area contributed by atoms with Crippen LogP contribution in [0.2, 0.25) is 0 Å². The molecule has 0 radical (unpaired) electrons. The SMILES string of the molecule is CCc1ccc(COc2c(Br)cccc2CN)s1. The van der Waals surface area contributed by atoms with Gasteiger partial charge in [-0.25, -0.2) is 0 Å². The van der Waals surface area contributed by atoms with Crippen LogP contribution in [0, 0.1) is 0 Å². The smallest absolute Gasteiger partial charge is 0.138 e. The van der Waals surface area contributed by atoms with Gasteiger partial charge in [0.25, 0.3) is 0 Å². The molecular weight excluding hydrogens is 310 g/mol. The van der Waals surface area contributed by atoms with Crippen molar-refractivity contribution in [2.45, 2.75) is 26.5 Å². The van der Waals surface area contributed by atoms with Crippen LogP contribution < -0.4 is 10.5 Å². The number of para-hydroxylation sites is 1. The number of hydrogen-bond acceptors (Lipinski definition) is 3. The van der Waals surface area contributed by atoms with Crippen LogP contribution >= 0.6 is 27.3 Å². The summed E-state index contributed by atoms with van der Waals surface area (Å²) >= 11 is 5.30. The summed E-state index contributed by atoms with van der Waals surface area (Å²) in [4.78, 5) is 2.63. The van der Waals surface area contributed by atoms with Gasteiger partial charge in [0.05, 0.1) is 4.47 Å². The fraction of sp³-hybridized carbons (Fsp3) is 0.286. The standard InChI is InChI=1S/C14H16BrNOS/c1-2-11-6-7-12(18-11)9-17-14-10(8-16)4-3-5-13(14)15/h3-7H,2,8-9,16H2,1H3. The molecular formula is C14H16BrNOS. The molecule has 0 atom stereocenters. The molecule has 1 aromatic heterocycles. The summed E-state index contributed by atoms with van der Waals surface area (Å²) < 4.78 is 6.84. The first-order valence-corrected chi connectivity index (χ1v) is 7.53. The van der Waals surface area contributed by atoms with E-state index in [1.165, 1.54) is 9.75 Å². The number of halogens is 1. The maximum Gasteiger partial charge on any atom is 0.138 e. The van der Waals surface area contributed by atoms with Crippen molar-refractivity contribution in [3.63, 3.8) is 0 Å². The van der Waals surface area contributed by atoms with Gasteiger partial charge in [-0.3, -0.25) is 0 Å². The van der Waals surface area contributed by atoms with Gasteiger partial charge >= 0.3 is 0 Å². The highest BCUT2D eigenvalue weighted by atomic mass is 79.9. The zero-order chi connectivity index (χ0) is 13.0. The Kier molecular flexibility index (Phi) is 4.80. The summed E-state index contributed by atoms with van der Waals surface area (Å²) in [6, 6.07) is 10.2. The molecule has 1 aromatic carbocycles. The average molecular weight is 326 g/mol.